The summed E-state index contributed by atoms with van der Waals surface area (Å²) >= 11 is 1.98. The Hall–Kier alpha value is 0.350. The van der Waals surface area contributed by atoms with E-state index in [1.54, 1.807) is 0 Å². The monoisotopic (exact) mass is 143 g/mol. The lowest BCUT2D eigenvalue weighted by Crippen LogP contribution is -1.89. The van der Waals surface area contributed by atoms with Gasteiger partial charge in [0.1, 0.15) is 0 Å². The topological polar surface area (TPSA) is 0 Å². The first-order valence-electron chi connectivity index (χ1n) is 3.88. The van der Waals surface area contributed by atoms with Crippen molar-refractivity contribution in [2.45, 2.75) is 32.6 Å². The Morgan fingerprint density at radius 1 is 1.44 bits per heavy atom. The molecule has 0 spiro atoms. The zero-order valence-electron chi connectivity index (χ0n) is 6.10. The molecule has 0 N–H and O–H groups in total. The van der Waals surface area contributed by atoms with Gasteiger partial charge in [-0.1, -0.05) is 19.8 Å². The number of thioether (sulfide) groups is 1. The van der Waals surface area contributed by atoms with Crippen molar-refractivity contribution in [2.75, 3.05) is 5.75 Å². The quantitative estimate of drug-likeness (QED) is 0.585. The summed E-state index contributed by atoms with van der Waals surface area (Å²) in [6.45, 7) is 2.22. The van der Waals surface area contributed by atoms with E-state index in [0.29, 0.717) is 0 Å². The van der Waals surface area contributed by atoms with E-state index in [9.17, 15) is 0 Å². The van der Waals surface area contributed by atoms with Gasteiger partial charge in [0.25, 0.3) is 0 Å². The first-order valence-corrected chi connectivity index (χ1v) is 4.93. The molecule has 1 aliphatic rings. The van der Waals surface area contributed by atoms with Gasteiger partial charge in [-0.15, -0.1) is 0 Å². The molecule has 9 heavy (non-hydrogen) atoms. The third-order valence-electron chi connectivity index (χ3n) is 1.86. The molecule has 0 unspecified atom stereocenters. The van der Waals surface area contributed by atoms with E-state index < -0.39 is 0 Å². The zero-order valence-corrected chi connectivity index (χ0v) is 6.91. The highest BCUT2D eigenvalue weighted by Gasteiger charge is 2.13. The van der Waals surface area contributed by atoms with E-state index in [4.69, 9.17) is 0 Å². The Bertz CT molecular complexity index is 65.0. The van der Waals surface area contributed by atoms with Gasteiger partial charge in [0.15, 0.2) is 0 Å². The summed E-state index contributed by atoms with van der Waals surface area (Å²) in [7, 11) is 0. The summed E-state index contributed by atoms with van der Waals surface area (Å²) in [6, 6.07) is 0. The molecule has 0 amide bonds. The average molecular weight is 143 g/mol. The molecule has 1 heteroatoms. The lowest BCUT2D eigenvalue weighted by Gasteiger charge is -2.04. The van der Waals surface area contributed by atoms with Crippen LogP contribution in [0.1, 0.15) is 32.6 Å². The van der Waals surface area contributed by atoms with Crippen LogP contribution >= 0.6 is 11.8 Å². The molecule has 0 saturated heterocycles. The molecule has 0 aliphatic heterocycles. The van der Waals surface area contributed by atoms with E-state index in [0.717, 1.165) is 5.92 Å². The van der Waals surface area contributed by atoms with Crippen LogP contribution in [0.25, 0.3) is 0 Å². The number of hydrogen-bond donors (Lipinski definition) is 0. The number of rotatable bonds is 3. The summed E-state index contributed by atoms with van der Waals surface area (Å²) in [5.41, 5.74) is 0. The summed E-state index contributed by atoms with van der Waals surface area (Å²) in [4.78, 5) is 0. The Balaban J connectivity index is 1.98. The SMILES string of the molecule is CCS[CH]C1CCCC1. The van der Waals surface area contributed by atoms with E-state index in [-0.39, 0.29) is 0 Å². The van der Waals surface area contributed by atoms with Crippen molar-refractivity contribution in [2.24, 2.45) is 5.92 Å². The minimum Gasteiger partial charge on any atom is -0.157 e. The molecular formula is C8H15S. The maximum atomic E-state index is 2.44. The third kappa shape index (κ3) is 2.61. The Morgan fingerprint density at radius 2 is 2.11 bits per heavy atom. The van der Waals surface area contributed by atoms with E-state index in [2.05, 4.69) is 12.7 Å². The normalized spacial score (nSPS) is 21.0. The predicted molar refractivity (Wildman–Crippen MR) is 44.4 cm³/mol. The molecule has 0 aromatic heterocycles. The van der Waals surface area contributed by atoms with Crippen molar-refractivity contribution >= 4 is 11.8 Å². The fraction of sp³-hybridized carbons (Fsp3) is 0.875. The van der Waals surface area contributed by atoms with Crippen LogP contribution in [-0.4, -0.2) is 5.75 Å². The molecule has 0 heterocycles. The first-order chi connectivity index (χ1) is 4.43. The van der Waals surface area contributed by atoms with Crippen LogP contribution in [0.2, 0.25) is 0 Å². The zero-order chi connectivity index (χ0) is 6.53. The van der Waals surface area contributed by atoms with Gasteiger partial charge in [-0.05, 0) is 24.5 Å². The lowest BCUT2D eigenvalue weighted by molar-refractivity contribution is 0.670. The fourth-order valence-electron chi connectivity index (χ4n) is 1.33. The van der Waals surface area contributed by atoms with Gasteiger partial charge in [-0.3, -0.25) is 0 Å². The van der Waals surface area contributed by atoms with E-state index >= 15 is 0 Å². The van der Waals surface area contributed by atoms with Crippen LogP contribution in [0.4, 0.5) is 0 Å². The molecule has 0 aromatic rings. The second-order valence-electron chi connectivity index (χ2n) is 2.64. The van der Waals surface area contributed by atoms with Crippen molar-refractivity contribution in [3.63, 3.8) is 0 Å². The molecule has 1 radical (unpaired) electrons. The molecule has 53 valence electrons. The largest absolute Gasteiger partial charge is 0.157 e. The predicted octanol–water partition coefficient (Wildman–Crippen LogP) is 3.09. The molecular weight excluding hydrogens is 128 g/mol. The molecule has 0 bridgehead atoms. The minimum atomic E-state index is 0.954. The first kappa shape index (κ1) is 7.46. The van der Waals surface area contributed by atoms with Crippen molar-refractivity contribution in [1.82, 2.24) is 0 Å². The Morgan fingerprint density at radius 3 is 2.67 bits per heavy atom. The summed E-state index contributed by atoms with van der Waals surface area (Å²) in [6.07, 6.45) is 5.83. The van der Waals surface area contributed by atoms with Gasteiger partial charge >= 0.3 is 0 Å². The van der Waals surface area contributed by atoms with Gasteiger partial charge in [0, 0.05) is 5.75 Å². The molecule has 0 aromatic carbocycles. The second-order valence-corrected chi connectivity index (χ2v) is 3.82. The van der Waals surface area contributed by atoms with Crippen LogP contribution in [0, 0.1) is 11.7 Å². The van der Waals surface area contributed by atoms with E-state index in [1.165, 1.54) is 31.4 Å². The molecule has 0 atom stereocenters. The molecule has 1 aliphatic carbocycles. The smallest absolute Gasteiger partial charge is 0.0197 e. The highest BCUT2D eigenvalue weighted by molar-refractivity contribution is 8.01. The van der Waals surface area contributed by atoms with Crippen LogP contribution in [-0.2, 0) is 0 Å². The fourth-order valence-corrected chi connectivity index (χ4v) is 2.06. The lowest BCUT2D eigenvalue weighted by atomic mass is 10.1. The van der Waals surface area contributed by atoms with Crippen LogP contribution in [0.15, 0.2) is 0 Å². The van der Waals surface area contributed by atoms with Crippen molar-refractivity contribution in [3.8, 4) is 0 Å². The summed E-state index contributed by atoms with van der Waals surface area (Å²) in [5.74, 6) is 4.64. The Kier molecular flexibility index (Phi) is 3.49. The third-order valence-corrected chi connectivity index (χ3v) is 2.77. The van der Waals surface area contributed by atoms with Crippen molar-refractivity contribution in [1.29, 1.82) is 0 Å². The van der Waals surface area contributed by atoms with Gasteiger partial charge in [-0.2, -0.15) is 11.8 Å². The second kappa shape index (κ2) is 4.21. The summed E-state index contributed by atoms with van der Waals surface area (Å²) < 4.78 is 0. The molecule has 0 nitrogen and oxygen atoms in total. The van der Waals surface area contributed by atoms with Crippen molar-refractivity contribution in [3.05, 3.63) is 5.75 Å². The molecule has 1 saturated carbocycles. The van der Waals surface area contributed by atoms with Gasteiger partial charge in [0.05, 0.1) is 0 Å². The highest BCUT2D eigenvalue weighted by atomic mass is 32.2. The Labute approximate surface area is 62.4 Å². The van der Waals surface area contributed by atoms with Gasteiger partial charge in [-0.25, -0.2) is 0 Å². The molecule has 1 rings (SSSR count). The average Bonchev–Trinajstić information content (AvgIpc) is 2.34. The number of hydrogen-bond acceptors (Lipinski definition) is 1. The minimum absolute atomic E-state index is 0.954. The standard InChI is InChI=1S/C8H15S/c1-2-9-7-8-5-3-4-6-8/h7-8H,2-6H2,1H3. The van der Waals surface area contributed by atoms with Crippen LogP contribution < -0.4 is 0 Å². The maximum absolute atomic E-state index is 2.44. The van der Waals surface area contributed by atoms with Crippen LogP contribution in [0.3, 0.4) is 0 Å². The van der Waals surface area contributed by atoms with Gasteiger partial charge < -0.3 is 0 Å². The van der Waals surface area contributed by atoms with Crippen molar-refractivity contribution < 1.29 is 0 Å². The highest BCUT2D eigenvalue weighted by Crippen LogP contribution is 2.30. The van der Waals surface area contributed by atoms with Gasteiger partial charge in [0.2, 0.25) is 0 Å². The maximum Gasteiger partial charge on any atom is 0.0197 e. The molecule has 1 fully saturated rings. The summed E-state index contributed by atoms with van der Waals surface area (Å²) in [5, 5.41) is 0. The van der Waals surface area contributed by atoms with E-state index in [1.807, 2.05) is 11.8 Å². The van der Waals surface area contributed by atoms with Crippen LogP contribution in [0.5, 0.6) is 0 Å².